The fraction of sp³-hybridized carbons (Fsp3) is 0.353. The summed E-state index contributed by atoms with van der Waals surface area (Å²) in [7, 11) is 3.48. The number of carbonyl (C=O) groups is 1. The van der Waals surface area contributed by atoms with Gasteiger partial charge in [0.25, 0.3) is 5.91 Å². The van der Waals surface area contributed by atoms with E-state index in [1.54, 1.807) is 43.5 Å². The van der Waals surface area contributed by atoms with Crippen LogP contribution in [0.1, 0.15) is 22.0 Å². The van der Waals surface area contributed by atoms with Gasteiger partial charge >= 0.3 is 0 Å². The smallest absolute Gasteiger partial charge is 0.253 e. The molecule has 7 nitrogen and oxygen atoms in total. The summed E-state index contributed by atoms with van der Waals surface area (Å²) in [5.74, 6) is 1.03. The zero-order valence-electron chi connectivity index (χ0n) is 13.9. The Labute approximate surface area is 141 Å². The van der Waals surface area contributed by atoms with Gasteiger partial charge in [0.1, 0.15) is 5.82 Å². The van der Waals surface area contributed by atoms with Crippen molar-refractivity contribution in [2.45, 2.75) is 6.04 Å². The molecule has 2 atom stereocenters. The molecule has 3 N–H and O–H groups in total. The highest BCUT2D eigenvalue weighted by molar-refractivity contribution is 5.94. The van der Waals surface area contributed by atoms with Crippen molar-refractivity contribution in [3.05, 3.63) is 54.0 Å². The van der Waals surface area contributed by atoms with Gasteiger partial charge in [-0.15, -0.1) is 0 Å². The zero-order valence-corrected chi connectivity index (χ0v) is 13.9. The summed E-state index contributed by atoms with van der Waals surface area (Å²) in [5, 5.41) is 3.34. The van der Waals surface area contributed by atoms with E-state index >= 15 is 0 Å². The molecule has 0 spiro atoms. The first-order chi connectivity index (χ1) is 11.6. The number of nitrogens with one attached hydrogen (secondary N) is 3. The molecule has 1 fully saturated rings. The minimum absolute atomic E-state index is 0.0297. The lowest BCUT2D eigenvalue weighted by Gasteiger charge is -2.19. The van der Waals surface area contributed by atoms with Crippen molar-refractivity contribution >= 4 is 11.7 Å². The Bertz CT molecular complexity index is 690. The minimum Gasteiger partial charge on any atom is -0.370 e. The van der Waals surface area contributed by atoms with E-state index in [0.29, 0.717) is 17.3 Å². The van der Waals surface area contributed by atoms with Gasteiger partial charge in [0.2, 0.25) is 0 Å². The standard InChI is InChI=1S/C17H22N6O/c1-23(2)17(24)12-5-7-19-15(8-12)20-10-14-11-21-22-16(14)13-4-3-6-18-9-13/h3-9,14,16,21-22H,10-11H2,1-2H3,(H,19,20). The number of rotatable bonds is 5. The Morgan fingerprint density at radius 2 is 2.25 bits per heavy atom. The molecule has 2 unspecified atom stereocenters. The third-order valence-corrected chi connectivity index (χ3v) is 4.10. The summed E-state index contributed by atoms with van der Waals surface area (Å²) in [6, 6.07) is 7.72. The van der Waals surface area contributed by atoms with Crippen molar-refractivity contribution in [1.29, 1.82) is 0 Å². The van der Waals surface area contributed by atoms with Crippen LogP contribution in [-0.2, 0) is 0 Å². The molecule has 0 saturated carbocycles. The second kappa shape index (κ2) is 7.37. The van der Waals surface area contributed by atoms with Crippen LogP contribution in [0, 0.1) is 5.92 Å². The van der Waals surface area contributed by atoms with Gasteiger partial charge < -0.3 is 10.2 Å². The monoisotopic (exact) mass is 326 g/mol. The van der Waals surface area contributed by atoms with E-state index in [1.807, 2.05) is 12.3 Å². The molecule has 0 radical (unpaired) electrons. The molecule has 0 aromatic carbocycles. The van der Waals surface area contributed by atoms with Gasteiger partial charge in [-0.1, -0.05) is 6.07 Å². The number of carbonyl (C=O) groups excluding carboxylic acids is 1. The number of pyridine rings is 2. The van der Waals surface area contributed by atoms with Crippen molar-refractivity contribution in [3.8, 4) is 0 Å². The predicted octanol–water partition coefficient (Wildman–Crippen LogP) is 1.06. The van der Waals surface area contributed by atoms with Crippen molar-refractivity contribution in [1.82, 2.24) is 25.7 Å². The maximum absolute atomic E-state index is 12.0. The van der Waals surface area contributed by atoms with E-state index < -0.39 is 0 Å². The lowest BCUT2D eigenvalue weighted by atomic mass is 9.96. The average Bonchev–Trinajstić information content (AvgIpc) is 3.09. The lowest BCUT2D eigenvalue weighted by Crippen LogP contribution is -2.26. The topological polar surface area (TPSA) is 82.2 Å². The van der Waals surface area contributed by atoms with E-state index in [4.69, 9.17) is 0 Å². The number of hydrogen-bond donors (Lipinski definition) is 3. The Kier molecular flexibility index (Phi) is 5.02. The van der Waals surface area contributed by atoms with Crippen molar-refractivity contribution in [2.75, 3.05) is 32.5 Å². The number of anilines is 1. The normalized spacial score (nSPS) is 19.9. The third-order valence-electron chi connectivity index (χ3n) is 4.10. The molecule has 1 aliphatic rings. The summed E-state index contributed by atoms with van der Waals surface area (Å²) < 4.78 is 0. The summed E-state index contributed by atoms with van der Waals surface area (Å²) in [6.07, 6.45) is 5.31. The van der Waals surface area contributed by atoms with Gasteiger partial charge in [0.15, 0.2) is 0 Å². The van der Waals surface area contributed by atoms with Gasteiger partial charge in [0, 0.05) is 57.3 Å². The summed E-state index contributed by atoms with van der Waals surface area (Å²) >= 11 is 0. The first-order valence-electron chi connectivity index (χ1n) is 7.95. The van der Waals surface area contributed by atoms with Crippen LogP contribution < -0.4 is 16.2 Å². The molecule has 1 amide bonds. The van der Waals surface area contributed by atoms with Crippen LogP contribution in [0.5, 0.6) is 0 Å². The number of amides is 1. The van der Waals surface area contributed by atoms with Crippen LogP contribution in [0.15, 0.2) is 42.9 Å². The molecule has 0 aliphatic carbocycles. The van der Waals surface area contributed by atoms with Gasteiger partial charge in [-0.3, -0.25) is 15.2 Å². The molecule has 3 heterocycles. The Hall–Kier alpha value is -2.51. The van der Waals surface area contributed by atoms with Gasteiger partial charge in [-0.2, -0.15) is 0 Å². The minimum atomic E-state index is -0.0297. The summed E-state index contributed by atoms with van der Waals surface area (Å²) in [5.41, 5.74) is 8.28. The average molecular weight is 326 g/mol. The quantitative estimate of drug-likeness (QED) is 0.762. The fourth-order valence-corrected chi connectivity index (χ4v) is 2.80. The van der Waals surface area contributed by atoms with Crippen LogP contribution >= 0.6 is 0 Å². The van der Waals surface area contributed by atoms with E-state index in [-0.39, 0.29) is 11.9 Å². The first kappa shape index (κ1) is 16.4. The molecule has 3 rings (SSSR count). The largest absolute Gasteiger partial charge is 0.370 e. The number of hydrazine groups is 1. The highest BCUT2D eigenvalue weighted by Gasteiger charge is 2.28. The first-order valence-corrected chi connectivity index (χ1v) is 7.95. The van der Waals surface area contributed by atoms with Crippen molar-refractivity contribution in [2.24, 2.45) is 5.92 Å². The molecular weight excluding hydrogens is 304 g/mol. The van der Waals surface area contributed by atoms with E-state index in [9.17, 15) is 4.79 Å². The molecule has 24 heavy (non-hydrogen) atoms. The molecule has 0 bridgehead atoms. The molecule has 1 aliphatic heterocycles. The molecule has 2 aromatic heterocycles. The van der Waals surface area contributed by atoms with E-state index in [2.05, 4.69) is 32.2 Å². The van der Waals surface area contributed by atoms with Crippen molar-refractivity contribution in [3.63, 3.8) is 0 Å². The van der Waals surface area contributed by atoms with Gasteiger partial charge in [-0.25, -0.2) is 10.4 Å². The van der Waals surface area contributed by atoms with Gasteiger partial charge in [-0.05, 0) is 23.8 Å². The highest BCUT2D eigenvalue weighted by Crippen LogP contribution is 2.24. The lowest BCUT2D eigenvalue weighted by molar-refractivity contribution is 0.0827. The van der Waals surface area contributed by atoms with E-state index in [0.717, 1.165) is 18.7 Å². The molecule has 126 valence electrons. The maximum Gasteiger partial charge on any atom is 0.253 e. The number of nitrogens with zero attached hydrogens (tertiary/aromatic N) is 3. The van der Waals surface area contributed by atoms with Crippen molar-refractivity contribution < 1.29 is 4.79 Å². The highest BCUT2D eigenvalue weighted by atomic mass is 16.2. The molecule has 2 aromatic rings. The summed E-state index contributed by atoms with van der Waals surface area (Å²) in [6.45, 7) is 1.59. The SMILES string of the molecule is CN(C)C(=O)c1ccnc(NCC2CNNC2c2cccnc2)c1. The van der Waals surface area contributed by atoms with Crippen LogP contribution in [0.4, 0.5) is 5.82 Å². The molecule has 7 heteroatoms. The second-order valence-electron chi connectivity index (χ2n) is 6.06. The number of aromatic nitrogens is 2. The van der Waals surface area contributed by atoms with Gasteiger partial charge in [0.05, 0.1) is 6.04 Å². The molecular formula is C17H22N6O. The zero-order chi connectivity index (χ0) is 16.9. The Morgan fingerprint density at radius 1 is 1.38 bits per heavy atom. The van der Waals surface area contributed by atoms with Crippen LogP contribution in [0.3, 0.4) is 0 Å². The second-order valence-corrected chi connectivity index (χ2v) is 6.06. The Balaban J connectivity index is 1.65. The maximum atomic E-state index is 12.0. The van der Waals surface area contributed by atoms with Crippen LogP contribution in [0.2, 0.25) is 0 Å². The van der Waals surface area contributed by atoms with E-state index in [1.165, 1.54) is 0 Å². The number of hydrogen-bond acceptors (Lipinski definition) is 6. The molecule has 1 saturated heterocycles. The predicted molar refractivity (Wildman–Crippen MR) is 92.4 cm³/mol. The fourth-order valence-electron chi connectivity index (χ4n) is 2.80. The van der Waals surface area contributed by atoms with Crippen LogP contribution in [0.25, 0.3) is 0 Å². The summed E-state index contributed by atoms with van der Waals surface area (Å²) in [4.78, 5) is 22.1. The Morgan fingerprint density at radius 3 is 3.00 bits per heavy atom. The van der Waals surface area contributed by atoms with Crippen LogP contribution in [-0.4, -0.2) is 48.0 Å². The third kappa shape index (κ3) is 3.69.